The predicted molar refractivity (Wildman–Crippen MR) is 66.0 cm³/mol. The van der Waals surface area contributed by atoms with Crippen molar-refractivity contribution >= 4 is 29.7 Å². The Morgan fingerprint density at radius 2 is 2.56 bits per heavy atom. The SMILES string of the molecule is Cl.O=C(NCc1cccs1)C1CNCCO1. The number of halogens is 1. The quantitative estimate of drug-likeness (QED) is 0.846. The number of amides is 1. The molecule has 2 N–H and O–H groups in total. The molecule has 4 nitrogen and oxygen atoms in total. The van der Waals surface area contributed by atoms with Crippen molar-refractivity contribution in [2.75, 3.05) is 19.7 Å². The van der Waals surface area contributed by atoms with Gasteiger partial charge in [-0.05, 0) is 11.4 Å². The van der Waals surface area contributed by atoms with Crippen LogP contribution in [-0.4, -0.2) is 31.7 Å². The van der Waals surface area contributed by atoms with Crippen LogP contribution in [0.2, 0.25) is 0 Å². The van der Waals surface area contributed by atoms with Crippen LogP contribution in [-0.2, 0) is 16.1 Å². The molecule has 1 aromatic heterocycles. The van der Waals surface area contributed by atoms with Gasteiger partial charge in [0, 0.05) is 18.0 Å². The summed E-state index contributed by atoms with van der Waals surface area (Å²) in [7, 11) is 0. The number of nitrogens with one attached hydrogen (secondary N) is 2. The van der Waals surface area contributed by atoms with E-state index in [2.05, 4.69) is 10.6 Å². The lowest BCUT2D eigenvalue weighted by Crippen LogP contribution is -2.47. The van der Waals surface area contributed by atoms with Crippen LogP contribution in [0.25, 0.3) is 0 Å². The second-order valence-electron chi connectivity index (χ2n) is 3.36. The van der Waals surface area contributed by atoms with Crippen LogP contribution in [0.5, 0.6) is 0 Å². The molecule has 0 spiro atoms. The Morgan fingerprint density at radius 3 is 3.19 bits per heavy atom. The maximum Gasteiger partial charge on any atom is 0.250 e. The smallest absolute Gasteiger partial charge is 0.250 e. The van der Waals surface area contributed by atoms with E-state index in [0.717, 1.165) is 11.4 Å². The molecule has 0 bridgehead atoms. The van der Waals surface area contributed by atoms with E-state index in [1.807, 2.05) is 17.5 Å². The molecular formula is C10H15ClN2O2S. The molecule has 6 heteroatoms. The third-order valence-electron chi connectivity index (χ3n) is 2.24. The molecule has 1 amide bonds. The summed E-state index contributed by atoms with van der Waals surface area (Å²) in [6, 6.07) is 3.98. The molecular weight excluding hydrogens is 248 g/mol. The molecule has 1 aromatic rings. The van der Waals surface area contributed by atoms with Gasteiger partial charge in [-0.2, -0.15) is 0 Å². The summed E-state index contributed by atoms with van der Waals surface area (Å²) in [5.74, 6) is -0.0319. The normalized spacial score (nSPS) is 19.9. The minimum Gasteiger partial charge on any atom is -0.366 e. The highest BCUT2D eigenvalue weighted by atomic mass is 35.5. The number of carbonyl (C=O) groups excluding carboxylic acids is 1. The van der Waals surface area contributed by atoms with Crippen LogP contribution in [0.1, 0.15) is 4.88 Å². The number of hydrogen-bond donors (Lipinski definition) is 2. The summed E-state index contributed by atoms with van der Waals surface area (Å²) in [5.41, 5.74) is 0. The zero-order valence-corrected chi connectivity index (χ0v) is 10.4. The lowest BCUT2D eigenvalue weighted by molar-refractivity contribution is -0.134. The van der Waals surface area contributed by atoms with Gasteiger partial charge in [-0.1, -0.05) is 6.07 Å². The minimum atomic E-state index is -0.335. The number of carbonyl (C=O) groups is 1. The summed E-state index contributed by atoms with van der Waals surface area (Å²) in [6.45, 7) is 2.64. The summed E-state index contributed by atoms with van der Waals surface area (Å²) < 4.78 is 5.34. The van der Waals surface area contributed by atoms with E-state index in [1.165, 1.54) is 0 Å². The van der Waals surface area contributed by atoms with Crippen LogP contribution >= 0.6 is 23.7 Å². The third kappa shape index (κ3) is 3.75. The molecule has 0 aromatic carbocycles. The Balaban J connectivity index is 0.00000128. The number of ether oxygens (including phenoxy) is 1. The van der Waals surface area contributed by atoms with Crippen LogP contribution in [0.15, 0.2) is 17.5 Å². The van der Waals surface area contributed by atoms with Crippen molar-refractivity contribution in [1.82, 2.24) is 10.6 Å². The Bertz CT molecular complexity index is 313. The second kappa shape index (κ2) is 6.85. The molecule has 0 aliphatic carbocycles. The molecule has 1 unspecified atom stereocenters. The van der Waals surface area contributed by atoms with Gasteiger partial charge >= 0.3 is 0 Å². The Labute approximate surface area is 105 Å². The van der Waals surface area contributed by atoms with Gasteiger partial charge in [0.05, 0.1) is 13.2 Å². The molecule has 1 fully saturated rings. The van der Waals surface area contributed by atoms with E-state index in [-0.39, 0.29) is 24.4 Å². The van der Waals surface area contributed by atoms with E-state index in [1.54, 1.807) is 11.3 Å². The number of morpholine rings is 1. The van der Waals surface area contributed by atoms with Gasteiger partial charge in [0.2, 0.25) is 0 Å². The van der Waals surface area contributed by atoms with Gasteiger partial charge in [-0.25, -0.2) is 0 Å². The van der Waals surface area contributed by atoms with Crippen molar-refractivity contribution in [3.05, 3.63) is 22.4 Å². The fourth-order valence-corrected chi connectivity index (χ4v) is 2.08. The summed E-state index contributed by atoms with van der Waals surface area (Å²) >= 11 is 1.64. The van der Waals surface area contributed by atoms with E-state index >= 15 is 0 Å². The van der Waals surface area contributed by atoms with Gasteiger partial charge in [-0.3, -0.25) is 4.79 Å². The van der Waals surface area contributed by atoms with Crippen LogP contribution in [0.4, 0.5) is 0 Å². The zero-order valence-electron chi connectivity index (χ0n) is 8.77. The third-order valence-corrected chi connectivity index (χ3v) is 3.11. The first-order valence-electron chi connectivity index (χ1n) is 4.98. The van der Waals surface area contributed by atoms with Crippen LogP contribution < -0.4 is 10.6 Å². The van der Waals surface area contributed by atoms with Crippen molar-refractivity contribution in [2.24, 2.45) is 0 Å². The first kappa shape index (κ1) is 13.4. The molecule has 16 heavy (non-hydrogen) atoms. The summed E-state index contributed by atoms with van der Waals surface area (Å²) in [5, 5.41) is 7.99. The predicted octanol–water partition coefficient (Wildman–Crippen LogP) is 0.774. The Kier molecular flexibility index (Phi) is 5.76. The molecule has 1 aliphatic heterocycles. The minimum absolute atomic E-state index is 0. The van der Waals surface area contributed by atoms with Gasteiger partial charge in [0.15, 0.2) is 0 Å². The van der Waals surface area contributed by atoms with Gasteiger partial charge in [-0.15, -0.1) is 23.7 Å². The Hall–Kier alpha value is -0.620. The molecule has 1 saturated heterocycles. The van der Waals surface area contributed by atoms with Gasteiger partial charge < -0.3 is 15.4 Å². The van der Waals surface area contributed by atoms with Crippen LogP contribution in [0.3, 0.4) is 0 Å². The van der Waals surface area contributed by atoms with E-state index in [4.69, 9.17) is 4.74 Å². The van der Waals surface area contributed by atoms with Gasteiger partial charge in [0.1, 0.15) is 6.10 Å². The fraction of sp³-hybridized carbons (Fsp3) is 0.500. The first-order valence-corrected chi connectivity index (χ1v) is 5.86. The molecule has 0 saturated carbocycles. The maximum absolute atomic E-state index is 11.6. The fourth-order valence-electron chi connectivity index (χ4n) is 1.44. The maximum atomic E-state index is 11.6. The van der Waals surface area contributed by atoms with E-state index in [0.29, 0.717) is 19.7 Å². The zero-order chi connectivity index (χ0) is 10.5. The van der Waals surface area contributed by atoms with Crippen molar-refractivity contribution in [2.45, 2.75) is 12.6 Å². The van der Waals surface area contributed by atoms with Crippen LogP contribution in [0, 0.1) is 0 Å². The molecule has 2 heterocycles. The van der Waals surface area contributed by atoms with Crippen molar-refractivity contribution in [3.63, 3.8) is 0 Å². The molecule has 90 valence electrons. The number of rotatable bonds is 3. The molecule has 1 atom stereocenters. The number of hydrogen-bond acceptors (Lipinski definition) is 4. The molecule has 2 rings (SSSR count). The largest absolute Gasteiger partial charge is 0.366 e. The second-order valence-corrected chi connectivity index (χ2v) is 4.39. The van der Waals surface area contributed by atoms with Crippen molar-refractivity contribution in [1.29, 1.82) is 0 Å². The highest BCUT2D eigenvalue weighted by Gasteiger charge is 2.21. The Morgan fingerprint density at radius 1 is 1.69 bits per heavy atom. The van der Waals surface area contributed by atoms with E-state index < -0.39 is 0 Å². The molecule has 0 radical (unpaired) electrons. The number of thiophene rings is 1. The molecule has 1 aliphatic rings. The summed E-state index contributed by atoms with van der Waals surface area (Å²) in [6.07, 6.45) is -0.335. The standard InChI is InChI=1S/C10H14N2O2S.ClH/c13-10(9-7-11-3-4-14-9)12-6-8-2-1-5-15-8;/h1-2,5,9,11H,3-4,6-7H2,(H,12,13);1H. The van der Waals surface area contributed by atoms with Crippen molar-refractivity contribution < 1.29 is 9.53 Å². The van der Waals surface area contributed by atoms with Gasteiger partial charge in [0.25, 0.3) is 5.91 Å². The van der Waals surface area contributed by atoms with Crippen molar-refractivity contribution in [3.8, 4) is 0 Å². The highest BCUT2D eigenvalue weighted by molar-refractivity contribution is 7.09. The van der Waals surface area contributed by atoms with E-state index in [9.17, 15) is 4.79 Å². The topological polar surface area (TPSA) is 50.4 Å². The lowest BCUT2D eigenvalue weighted by Gasteiger charge is -2.22. The lowest BCUT2D eigenvalue weighted by atomic mass is 10.3. The average molecular weight is 263 g/mol. The highest BCUT2D eigenvalue weighted by Crippen LogP contribution is 2.07. The summed E-state index contributed by atoms with van der Waals surface area (Å²) in [4.78, 5) is 12.8. The average Bonchev–Trinajstić information content (AvgIpc) is 2.80. The first-order chi connectivity index (χ1) is 7.36. The monoisotopic (exact) mass is 262 g/mol.